The first kappa shape index (κ1) is 16.8. The van der Waals surface area contributed by atoms with Crippen LogP contribution in [0.5, 0.6) is 0 Å². The lowest BCUT2D eigenvalue weighted by molar-refractivity contribution is -0.131. The molecule has 4 heteroatoms. The molecule has 1 saturated heterocycles. The second-order valence-electron chi connectivity index (χ2n) is 7.13. The van der Waals surface area contributed by atoms with E-state index in [4.69, 9.17) is 0 Å². The summed E-state index contributed by atoms with van der Waals surface area (Å²) in [7, 11) is 0. The standard InChI is InChI=1S/C18H29N3O/c1-15-6-5-7-16(14-15)20-10-12-21(13-11-20)17(22)8-9-19-18(2,3)4/h5-7,14,19H,8-13H2,1-4H3. The van der Waals surface area contributed by atoms with Crippen molar-refractivity contribution in [2.75, 3.05) is 37.6 Å². The quantitative estimate of drug-likeness (QED) is 0.928. The minimum Gasteiger partial charge on any atom is -0.368 e. The number of hydrogen-bond donors (Lipinski definition) is 1. The Morgan fingerprint density at radius 3 is 2.45 bits per heavy atom. The minimum atomic E-state index is 0.0736. The summed E-state index contributed by atoms with van der Waals surface area (Å²) in [6.45, 7) is 12.7. The summed E-state index contributed by atoms with van der Waals surface area (Å²) in [6.07, 6.45) is 0.585. The molecule has 1 heterocycles. The largest absolute Gasteiger partial charge is 0.368 e. The van der Waals surface area contributed by atoms with E-state index in [-0.39, 0.29) is 11.4 Å². The van der Waals surface area contributed by atoms with Gasteiger partial charge >= 0.3 is 0 Å². The van der Waals surface area contributed by atoms with Crippen LogP contribution >= 0.6 is 0 Å². The van der Waals surface area contributed by atoms with Gasteiger partial charge < -0.3 is 15.1 Å². The number of amides is 1. The Morgan fingerprint density at radius 1 is 1.18 bits per heavy atom. The molecule has 1 aliphatic heterocycles. The zero-order chi connectivity index (χ0) is 16.2. The van der Waals surface area contributed by atoms with E-state index in [1.165, 1.54) is 11.3 Å². The molecule has 0 radical (unpaired) electrons. The molecular formula is C18H29N3O. The van der Waals surface area contributed by atoms with E-state index in [0.717, 1.165) is 32.7 Å². The Bertz CT molecular complexity index is 499. The molecule has 0 atom stereocenters. The van der Waals surface area contributed by atoms with E-state index >= 15 is 0 Å². The Hall–Kier alpha value is -1.55. The summed E-state index contributed by atoms with van der Waals surface area (Å²) in [5, 5.41) is 3.37. The fourth-order valence-corrected chi connectivity index (χ4v) is 2.74. The molecule has 1 aromatic carbocycles. The van der Waals surface area contributed by atoms with Gasteiger partial charge in [0.15, 0.2) is 0 Å². The number of rotatable bonds is 4. The molecule has 2 rings (SSSR count). The fourth-order valence-electron chi connectivity index (χ4n) is 2.74. The molecule has 0 unspecified atom stereocenters. The number of aryl methyl sites for hydroxylation is 1. The molecule has 122 valence electrons. The van der Waals surface area contributed by atoms with Crippen LogP contribution in [-0.2, 0) is 4.79 Å². The van der Waals surface area contributed by atoms with E-state index in [1.807, 2.05) is 4.90 Å². The van der Waals surface area contributed by atoms with Gasteiger partial charge in [0.05, 0.1) is 0 Å². The van der Waals surface area contributed by atoms with Gasteiger partial charge in [0.2, 0.25) is 5.91 Å². The van der Waals surface area contributed by atoms with E-state index in [9.17, 15) is 4.79 Å². The first-order valence-corrected chi connectivity index (χ1v) is 8.19. The van der Waals surface area contributed by atoms with Crippen LogP contribution in [0.3, 0.4) is 0 Å². The van der Waals surface area contributed by atoms with Crippen LogP contribution in [0.1, 0.15) is 32.8 Å². The van der Waals surface area contributed by atoms with Gasteiger partial charge in [0, 0.05) is 50.4 Å². The maximum Gasteiger partial charge on any atom is 0.223 e. The van der Waals surface area contributed by atoms with Gasteiger partial charge in [0.25, 0.3) is 0 Å². The van der Waals surface area contributed by atoms with Gasteiger partial charge in [-0.3, -0.25) is 4.79 Å². The Kier molecular flexibility index (Phi) is 5.46. The second-order valence-corrected chi connectivity index (χ2v) is 7.13. The Labute approximate surface area is 134 Å². The maximum atomic E-state index is 12.2. The molecule has 1 fully saturated rings. The first-order valence-electron chi connectivity index (χ1n) is 8.19. The van der Waals surface area contributed by atoms with Crippen LogP contribution in [0.15, 0.2) is 24.3 Å². The lowest BCUT2D eigenvalue weighted by atomic mass is 10.1. The average Bonchev–Trinajstić information content (AvgIpc) is 2.46. The van der Waals surface area contributed by atoms with Crippen molar-refractivity contribution in [3.8, 4) is 0 Å². The summed E-state index contributed by atoms with van der Waals surface area (Å²) in [6, 6.07) is 8.58. The molecule has 1 amide bonds. The van der Waals surface area contributed by atoms with Crippen LogP contribution in [0.2, 0.25) is 0 Å². The SMILES string of the molecule is Cc1cccc(N2CCN(C(=O)CCNC(C)(C)C)CC2)c1. The molecular weight excluding hydrogens is 274 g/mol. The van der Waals surface area contributed by atoms with E-state index in [1.54, 1.807) is 0 Å². The molecule has 22 heavy (non-hydrogen) atoms. The van der Waals surface area contributed by atoms with Crippen LogP contribution in [0.25, 0.3) is 0 Å². The molecule has 1 aliphatic rings. The number of anilines is 1. The molecule has 0 saturated carbocycles. The summed E-state index contributed by atoms with van der Waals surface area (Å²) >= 11 is 0. The van der Waals surface area contributed by atoms with Crippen LogP contribution in [-0.4, -0.2) is 49.1 Å². The Balaban J connectivity index is 1.78. The molecule has 0 bridgehead atoms. The van der Waals surface area contributed by atoms with Crippen molar-refractivity contribution in [2.24, 2.45) is 0 Å². The molecule has 1 N–H and O–H groups in total. The minimum absolute atomic E-state index is 0.0736. The van der Waals surface area contributed by atoms with Crippen molar-refractivity contribution >= 4 is 11.6 Å². The number of nitrogens with zero attached hydrogens (tertiary/aromatic N) is 2. The molecule has 1 aromatic rings. The third kappa shape index (κ3) is 5.02. The first-order chi connectivity index (χ1) is 10.3. The highest BCUT2D eigenvalue weighted by Gasteiger charge is 2.21. The third-order valence-electron chi connectivity index (χ3n) is 3.99. The zero-order valence-electron chi connectivity index (χ0n) is 14.4. The van der Waals surface area contributed by atoms with Crippen molar-refractivity contribution in [1.29, 1.82) is 0 Å². The highest BCUT2D eigenvalue weighted by atomic mass is 16.2. The monoisotopic (exact) mass is 303 g/mol. The van der Waals surface area contributed by atoms with Crippen molar-refractivity contribution in [2.45, 2.75) is 39.7 Å². The van der Waals surface area contributed by atoms with Crippen molar-refractivity contribution in [3.63, 3.8) is 0 Å². The van der Waals surface area contributed by atoms with Gasteiger partial charge in [0.1, 0.15) is 0 Å². The van der Waals surface area contributed by atoms with E-state index < -0.39 is 0 Å². The zero-order valence-corrected chi connectivity index (χ0v) is 14.4. The molecule has 0 aliphatic carbocycles. The van der Waals surface area contributed by atoms with Crippen molar-refractivity contribution < 1.29 is 4.79 Å². The highest BCUT2D eigenvalue weighted by Crippen LogP contribution is 2.18. The van der Waals surface area contributed by atoms with Gasteiger partial charge in [-0.1, -0.05) is 12.1 Å². The number of piperazine rings is 1. The summed E-state index contributed by atoms with van der Waals surface area (Å²) in [5.74, 6) is 0.264. The average molecular weight is 303 g/mol. The lowest BCUT2D eigenvalue weighted by Gasteiger charge is -2.36. The van der Waals surface area contributed by atoms with Gasteiger partial charge in [-0.15, -0.1) is 0 Å². The van der Waals surface area contributed by atoms with Gasteiger partial charge in [-0.05, 0) is 45.4 Å². The predicted molar refractivity (Wildman–Crippen MR) is 92.3 cm³/mol. The molecule has 0 aromatic heterocycles. The Morgan fingerprint density at radius 2 is 1.86 bits per heavy atom. The highest BCUT2D eigenvalue weighted by molar-refractivity contribution is 5.76. The van der Waals surface area contributed by atoms with Crippen LogP contribution in [0, 0.1) is 6.92 Å². The second kappa shape index (κ2) is 7.14. The third-order valence-corrected chi connectivity index (χ3v) is 3.99. The van der Waals surface area contributed by atoms with Crippen LogP contribution in [0.4, 0.5) is 5.69 Å². The topological polar surface area (TPSA) is 35.6 Å². The number of benzene rings is 1. The van der Waals surface area contributed by atoms with Gasteiger partial charge in [-0.25, -0.2) is 0 Å². The van der Waals surface area contributed by atoms with Gasteiger partial charge in [-0.2, -0.15) is 0 Å². The lowest BCUT2D eigenvalue weighted by Crippen LogP contribution is -2.49. The van der Waals surface area contributed by atoms with Crippen molar-refractivity contribution in [3.05, 3.63) is 29.8 Å². The predicted octanol–water partition coefficient (Wildman–Crippen LogP) is 2.42. The maximum absolute atomic E-state index is 12.2. The number of carbonyl (C=O) groups is 1. The summed E-state index contributed by atoms with van der Waals surface area (Å²) in [5.41, 5.74) is 2.62. The number of nitrogens with one attached hydrogen (secondary N) is 1. The number of hydrogen-bond acceptors (Lipinski definition) is 3. The normalized spacial score (nSPS) is 16.0. The smallest absolute Gasteiger partial charge is 0.223 e. The van der Waals surface area contributed by atoms with Crippen LogP contribution < -0.4 is 10.2 Å². The number of carbonyl (C=O) groups excluding carboxylic acids is 1. The molecule has 4 nitrogen and oxygen atoms in total. The molecule has 0 spiro atoms. The summed E-state index contributed by atoms with van der Waals surface area (Å²) < 4.78 is 0. The van der Waals surface area contributed by atoms with E-state index in [2.05, 4.69) is 62.2 Å². The van der Waals surface area contributed by atoms with Crippen molar-refractivity contribution in [1.82, 2.24) is 10.2 Å². The fraction of sp³-hybridized carbons (Fsp3) is 0.611. The summed E-state index contributed by atoms with van der Waals surface area (Å²) in [4.78, 5) is 16.6. The van der Waals surface area contributed by atoms with E-state index in [0.29, 0.717) is 6.42 Å².